The zero-order valence-corrected chi connectivity index (χ0v) is 14.4. The first-order chi connectivity index (χ1) is 9.39. The average molecular weight is 319 g/mol. The molecule has 0 fully saturated rings. The van der Waals surface area contributed by atoms with E-state index in [-0.39, 0.29) is 6.04 Å². The number of hydrogen-bond acceptors (Lipinski definition) is 4. The molecule has 0 aliphatic rings. The van der Waals surface area contributed by atoms with Gasteiger partial charge in [0.2, 0.25) is 10.0 Å². The lowest BCUT2D eigenvalue weighted by molar-refractivity contribution is 0.446. The fourth-order valence-corrected chi connectivity index (χ4v) is 4.59. The van der Waals surface area contributed by atoms with Crippen LogP contribution in [-0.2, 0) is 16.6 Å². The van der Waals surface area contributed by atoms with Crippen LogP contribution in [0.5, 0.6) is 0 Å². The van der Waals surface area contributed by atoms with Crippen molar-refractivity contribution in [2.45, 2.75) is 57.3 Å². The van der Waals surface area contributed by atoms with E-state index >= 15 is 0 Å². The lowest BCUT2D eigenvalue weighted by atomic mass is 10.0. The van der Waals surface area contributed by atoms with Crippen LogP contribution in [0.25, 0.3) is 0 Å². The Hall–Kier alpha value is -0.430. The maximum atomic E-state index is 12.3. The van der Waals surface area contributed by atoms with Crippen molar-refractivity contribution in [1.29, 1.82) is 0 Å². The van der Waals surface area contributed by atoms with E-state index in [1.54, 1.807) is 6.07 Å². The predicted molar refractivity (Wildman–Crippen MR) is 85.6 cm³/mol. The number of nitrogens with one attached hydrogen (secondary N) is 2. The monoisotopic (exact) mass is 318 g/mol. The van der Waals surface area contributed by atoms with E-state index in [0.717, 1.165) is 30.8 Å². The topological polar surface area (TPSA) is 58.2 Å². The maximum absolute atomic E-state index is 12.3. The van der Waals surface area contributed by atoms with Gasteiger partial charge in [-0.2, -0.15) is 0 Å². The molecule has 20 heavy (non-hydrogen) atoms. The molecule has 0 aliphatic heterocycles. The third-order valence-electron chi connectivity index (χ3n) is 3.26. The summed E-state index contributed by atoms with van der Waals surface area (Å²) in [6, 6.07) is 3.53. The summed E-state index contributed by atoms with van der Waals surface area (Å²) in [7, 11) is -3.38. The summed E-state index contributed by atoms with van der Waals surface area (Å²) in [5, 5.41) is 3.20. The van der Waals surface area contributed by atoms with E-state index in [4.69, 9.17) is 0 Å². The van der Waals surface area contributed by atoms with Gasteiger partial charge in [0, 0.05) is 17.5 Å². The number of hydrogen-bond donors (Lipinski definition) is 2. The Kier molecular flexibility index (Phi) is 7.15. The van der Waals surface area contributed by atoms with Crippen LogP contribution < -0.4 is 10.0 Å². The van der Waals surface area contributed by atoms with E-state index in [2.05, 4.69) is 23.9 Å². The van der Waals surface area contributed by atoms with E-state index in [1.165, 1.54) is 11.3 Å². The first-order valence-electron chi connectivity index (χ1n) is 7.20. The lowest BCUT2D eigenvalue weighted by Crippen LogP contribution is -2.33. The van der Waals surface area contributed by atoms with E-state index in [0.29, 0.717) is 10.1 Å². The summed E-state index contributed by atoms with van der Waals surface area (Å²) >= 11 is 1.33. The Morgan fingerprint density at radius 2 is 1.95 bits per heavy atom. The van der Waals surface area contributed by atoms with Gasteiger partial charge < -0.3 is 5.32 Å². The third kappa shape index (κ3) is 5.52. The third-order valence-corrected chi connectivity index (χ3v) is 6.43. The van der Waals surface area contributed by atoms with Gasteiger partial charge in [0.25, 0.3) is 0 Å². The van der Waals surface area contributed by atoms with Gasteiger partial charge in [-0.05, 0) is 37.9 Å². The zero-order chi connectivity index (χ0) is 15.2. The Bertz CT molecular complexity index is 497. The van der Waals surface area contributed by atoms with Gasteiger partial charge in [-0.3, -0.25) is 0 Å². The van der Waals surface area contributed by atoms with Crippen molar-refractivity contribution in [3.8, 4) is 0 Å². The molecule has 0 aliphatic carbocycles. The van der Waals surface area contributed by atoms with Gasteiger partial charge in [0.1, 0.15) is 4.21 Å². The summed E-state index contributed by atoms with van der Waals surface area (Å²) in [5.41, 5.74) is 0. The van der Waals surface area contributed by atoms with E-state index in [1.807, 2.05) is 19.9 Å². The van der Waals surface area contributed by atoms with Crippen molar-refractivity contribution in [1.82, 2.24) is 10.0 Å². The fraction of sp³-hybridized carbons (Fsp3) is 0.714. The second kappa shape index (κ2) is 8.12. The van der Waals surface area contributed by atoms with E-state index in [9.17, 15) is 8.42 Å². The standard InChI is InChI=1S/C14H26N2O2S2/c1-5-11(3)9-12(4)16-20(17,18)14-8-7-13(19-14)10-15-6-2/h7-8,11-12,15-16H,5-6,9-10H2,1-4H3. The number of thiophene rings is 1. The molecule has 6 heteroatoms. The summed E-state index contributed by atoms with van der Waals surface area (Å²) in [6.07, 6.45) is 1.93. The summed E-state index contributed by atoms with van der Waals surface area (Å²) < 4.78 is 27.7. The minimum absolute atomic E-state index is 0.0331. The predicted octanol–water partition coefficient (Wildman–Crippen LogP) is 2.96. The van der Waals surface area contributed by atoms with Gasteiger partial charge in [0.15, 0.2) is 0 Å². The second-order valence-corrected chi connectivity index (χ2v) is 8.38. The van der Waals surface area contributed by atoms with Crippen molar-refractivity contribution >= 4 is 21.4 Å². The van der Waals surface area contributed by atoms with Crippen LogP contribution in [0.2, 0.25) is 0 Å². The van der Waals surface area contributed by atoms with Crippen LogP contribution in [0.3, 0.4) is 0 Å². The Morgan fingerprint density at radius 3 is 2.55 bits per heavy atom. The molecule has 0 spiro atoms. The molecular weight excluding hydrogens is 292 g/mol. The molecule has 0 saturated heterocycles. The minimum Gasteiger partial charge on any atom is -0.312 e. The van der Waals surface area contributed by atoms with Gasteiger partial charge in [-0.1, -0.05) is 27.2 Å². The van der Waals surface area contributed by atoms with Crippen LogP contribution >= 0.6 is 11.3 Å². The first kappa shape index (κ1) is 17.6. The molecule has 0 radical (unpaired) electrons. The largest absolute Gasteiger partial charge is 0.312 e. The van der Waals surface area contributed by atoms with Gasteiger partial charge in [-0.25, -0.2) is 13.1 Å². The maximum Gasteiger partial charge on any atom is 0.250 e. The highest BCUT2D eigenvalue weighted by Crippen LogP contribution is 2.22. The molecule has 1 aromatic rings. The molecule has 4 nitrogen and oxygen atoms in total. The molecule has 1 aromatic heterocycles. The van der Waals surface area contributed by atoms with Crippen molar-refractivity contribution in [3.05, 3.63) is 17.0 Å². The van der Waals surface area contributed by atoms with Crippen molar-refractivity contribution < 1.29 is 8.42 Å². The summed E-state index contributed by atoms with van der Waals surface area (Å²) in [6.45, 7) is 9.83. The average Bonchev–Trinajstić information content (AvgIpc) is 2.84. The molecule has 0 bridgehead atoms. The normalized spacial score (nSPS) is 15.2. The molecule has 0 amide bonds. The zero-order valence-electron chi connectivity index (χ0n) is 12.8. The molecule has 2 N–H and O–H groups in total. The lowest BCUT2D eigenvalue weighted by Gasteiger charge is -2.16. The highest BCUT2D eigenvalue weighted by Gasteiger charge is 2.20. The SMILES string of the molecule is CCNCc1ccc(S(=O)(=O)NC(C)CC(C)CC)s1. The highest BCUT2D eigenvalue weighted by atomic mass is 32.2. The van der Waals surface area contributed by atoms with Crippen LogP contribution in [0.4, 0.5) is 0 Å². The van der Waals surface area contributed by atoms with Crippen molar-refractivity contribution in [3.63, 3.8) is 0 Å². The molecule has 2 unspecified atom stereocenters. The van der Waals surface area contributed by atoms with Crippen LogP contribution in [0, 0.1) is 5.92 Å². The summed E-state index contributed by atoms with van der Waals surface area (Å²) in [4.78, 5) is 1.04. The molecule has 2 atom stereocenters. The second-order valence-electron chi connectivity index (χ2n) is 5.27. The van der Waals surface area contributed by atoms with Crippen LogP contribution in [0.15, 0.2) is 16.3 Å². The summed E-state index contributed by atoms with van der Waals surface area (Å²) in [5.74, 6) is 0.528. The van der Waals surface area contributed by atoms with Crippen LogP contribution in [-0.4, -0.2) is 21.0 Å². The van der Waals surface area contributed by atoms with Gasteiger partial charge in [-0.15, -0.1) is 11.3 Å². The molecule has 116 valence electrons. The number of sulfonamides is 1. The minimum atomic E-state index is -3.38. The molecule has 1 heterocycles. The van der Waals surface area contributed by atoms with Gasteiger partial charge >= 0.3 is 0 Å². The first-order valence-corrected chi connectivity index (χ1v) is 9.50. The van der Waals surface area contributed by atoms with Crippen LogP contribution in [0.1, 0.15) is 45.4 Å². The molecule has 0 saturated carbocycles. The fourth-order valence-electron chi connectivity index (χ4n) is 1.99. The van der Waals surface area contributed by atoms with E-state index < -0.39 is 10.0 Å². The Balaban J connectivity index is 2.66. The molecule has 0 aromatic carbocycles. The molecular formula is C14H26N2O2S2. The quantitative estimate of drug-likeness (QED) is 0.736. The Morgan fingerprint density at radius 1 is 1.25 bits per heavy atom. The van der Waals surface area contributed by atoms with Crippen molar-refractivity contribution in [2.24, 2.45) is 5.92 Å². The smallest absolute Gasteiger partial charge is 0.250 e. The van der Waals surface area contributed by atoms with Crippen molar-refractivity contribution in [2.75, 3.05) is 6.54 Å². The van der Waals surface area contributed by atoms with Gasteiger partial charge in [0.05, 0.1) is 0 Å². The highest BCUT2D eigenvalue weighted by molar-refractivity contribution is 7.91. The number of rotatable bonds is 9. The Labute approximate surface area is 127 Å². The molecule has 1 rings (SSSR count).